The van der Waals surface area contributed by atoms with Crippen LogP contribution in [-0.2, 0) is 4.79 Å². The van der Waals surface area contributed by atoms with Crippen LogP contribution in [0.15, 0.2) is 54.6 Å². The van der Waals surface area contributed by atoms with Gasteiger partial charge in [0.15, 0.2) is 6.61 Å². The van der Waals surface area contributed by atoms with Crippen LogP contribution in [0.25, 0.3) is 0 Å². The molecule has 0 aliphatic carbocycles. The number of urea groups is 1. The summed E-state index contributed by atoms with van der Waals surface area (Å²) in [4.78, 5) is 22.6. The van der Waals surface area contributed by atoms with Gasteiger partial charge in [0.05, 0.1) is 5.69 Å². The van der Waals surface area contributed by atoms with Crippen molar-refractivity contribution in [3.05, 3.63) is 54.6 Å². The lowest BCUT2D eigenvalue weighted by atomic mass is 10.3. The molecule has 0 spiro atoms. The van der Waals surface area contributed by atoms with Gasteiger partial charge in [-0.05, 0) is 24.3 Å². The summed E-state index contributed by atoms with van der Waals surface area (Å²) >= 11 is 0. The van der Waals surface area contributed by atoms with Crippen LogP contribution in [0.3, 0.4) is 0 Å². The highest BCUT2D eigenvalue weighted by Crippen LogP contribution is 2.23. The zero-order valence-corrected chi connectivity index (χ0v) is 11.2. The Bertz CT molecular complexity index is 629. The quantitative estimate of drug-likeness (QED) is 0.786. The first kappa shape index (κ1) is 14.4. The molecule has 0 heterocycles. The topological polar surface area (TPSA) is 93.5 Å². The molecule has 6 nitrogen and oxygen atoms in total. The van der Waals surface area contributed by atoms with E-state index in [4.69, 9.17) is 10.5 Å². The van der Waals surface area contributed by atoms with Gasteiger partial charge in [-0.3, -0.25) is 4.79 Å². The number of benzene rings is 2. The van der Waals surface area contributed by atoms with E-state index in [1.807, 2.05) is 18.2 Å². The van der Waals surface area contributed by atoms with Crippen molar-refractivity contribution in [1.82, 2.24) is 0 Å². The second-order valence-electron chi connectivity index (χ2n) is 4.19. The number of hydrogen-bond donors (Lipinski definition) is 3. The van der Waals surface area contributed by atoms with Crippen LogP contribution in [-0.4, -0.2) is 18.5 Å². The monoisotopic (exact) mass is 285 g/mol. The van der Waals surface area contributed by atoms with Crippen molar-refractivity contribution < 1.29 is 14.3 Å². The minimum atomic E-state index is -0.695. The van der Waals surface area contributed by atoms with E-state index in [1.165, 1.54) is 0 Å². The number of primary amides is 1. The van der Waals surface area contributed by atoms with E-state index in [0.717, 1.165) is 0 Å². The second-order valence-corrected chi connectivity index (χ2v) is 4.19. The molecule has 6 heteroatoms. The Morgan fingerprint density at radius 3 is 2.33 bits per heavy atom. The van der Waals surface area contributed by atoms with Gasteiger partial charge in [-0.2, -0.15) is 0 Å². The molecule has 0 aliphatic heterocycles. The first-order valence-corrected chi connectivity index (χ1v) is 6.28. The van der Waals surface area contributed by atoms with Gasteiger partial charge in [-0.15, -0.1) is 0 Å². The first-order valence-electron chi connectivity index (χ1n) is 6.28. The maximum absolute atomic E-state index is 11.8. The summed E-state index contributed by atoms with van der Waals surface area (Å²) in [5.41, 5.74) is 6.17. The average molecular weight is 285 g/mol. The van der Waals surface area contributed by atoms with Gasteiger partial charge in [0.2, 0.25) is 0 Å². The molecule has 3 amide bonds. The minimum absolute atomic E-state index is 0.174. The number of anilines is 2. The van der Waals surface area contributed by atoms with Gasteiger partial charge in [0, 0.05) is 5.69 Å². The van der Waals surface area contributed by atoms with E-state index in [2.05, 4.69) is 10.6 Å². The Balaban J connectivity index is 1.93. The molecular formula is C15H15N3O3. The zero-order valence-electron chi connectivity index (χ0n) is 11.2. The Labute approximate surface area is 121 Å². The van der Waals surface area contributed by atoms with E-state index < -0.39 is 6.03 Å². The smallest absolute Gasteiger partial charge is 0.316 e. The fraction of sp³-hybridized carbons (Fsp3) is 0.0667. The Kier molecular flexibility index (Phi) is 4.76. The Morgan fingerprint density at radius 2 is 1.62 bits per heavy atom. The van der Waals surface area contributed by atoms with Crippen molar-refractivity contribution >= 4 is 23.3 Å². The summed E-state index contributed by atoms with van der Waals surface area (Å²) in [6.45, 7) is -0.174. The number of nitrogens with two attached hydrogens (primary N) is 1. The lowest BCUT2D eigenvalue weighted by molar-refractivity contribution is -0.118. The predicted octanol–water partition coefficient (Wildman–Crippen LogP) is 2.19. The molecular weight excluding hydrogens is 270 g/mol. The van der Waals surface area contributed by atoms with Crippen LogP contribution in [0, 0.1) is 0 Å². The molecule has 2 rings (SSSR count). The largest absolute Gasteiger partial charge is 0.482 e. The first-order chi connectivity index (χ1) is 10.1. The third-order valence-electron chi connectivity index (χ3n) is 2.56. The van der Waals surface area contributed by atoms with Gasteiger partial charge in [0.1, 0.15) is 5.75 Å². The van der Waals surface area contributed by atoms with Crippen molar-refractivity contribution in [3.8, 4) is 5.75 Å². The molecule has 0 fully saturated rings. The van der Waals surface area contributed by atoms with Crippen LogP contribution < -0.4 is 21.1 Å². The number of hydrogen-bond acceptors (Lipinski definition) is 3. The van der Waals surface area contributed by atoms with Gasteiger partial charge < -0.3 is 21.1 Å². The number of carbonyl (C=O) groups excluding carboxylic acids is 2. The molecule has 21 heavy (non-hydrogen) atoms. The predicted molar refractivity (Wildman–Crippen MR) is 80.2 cm³/mol. The van der Waals surface area contributed by atoms with E-state index in [-0.39, 0.29) is 12.5 Å². The summed E-state index contributed by atoms with van der Waals surface area (Å²) in [5.74, 6) is 0.0783. The molecule has 0 radical (unpaired) electrons. The molecule has 2 aromatic carbocycles. The molecule has 0 bridgehead atoms. The van der Waals surface area contributed by atoms with Gasteiger partial charge in [-0.25, -0.2) is 4.79 Å². The van der Waals surface area contributed by atoms with Crippen LogP contribution in [0.1, 0.15) is 0 Å². The van der Waals surface area contributed by atoms with Gasteiger partial charge in [-0.1, -0.05) is 30.3 Å². The molecule has 0 saturated carbocycles. The van der Waals surface area contributed by atoms with Crippen molar-refractivity contribution in [2.75, 3.05) is 17.2 Å². The van der Waals surface area contributed by atoms with Crippen LogP contribution in [0.4, 0.5) is 16.2 Å². The fourth-order valence-corrected chi connectivity index (χ4v) is 1.69. The standard InChI is InChI=1S/C15H15N3O3/c16-15(20)18-12-8-4-5-9-13(12)21-10-14(19)17-11-6-2-1-3-7-11/h1-9H,10H2,(H,17,19)(H3,16,18,20). The maximum Gasteiger partial charge on any atom is 0.316 e. The summed E-state index contributed by atoms with van der Waals surface area (Å²) in [5, 5.41) is 5.13. The Hall–Kier alpha value is -3.02. The minimum Gasteiger partial charge on any atom is -0.482 e. The molecule has 2 aromatic rings. The number of para-hydroxylation sites is 3. The second kappa shape index (κ2) is 6.95. The van der Waals surface area contributed by atoms with Crippen LogP contribution in [0.5, 0.6) is 5.75 Å². The third-order valence-corrected chi connectivity index (χ3v) is 2.56. The third kappa shape index (κ3) is 4.54. The van der Waals surface area contributed by atoms with Crippen LogP contribution >= 0.6 is 0 Å². The van der Waals surface area contributed by atoms with E-state index in [1.54, 1.807) is 36.4 Å². The number of carbonyl (C=O) groups is 2. The molecule has 0 aromatic heterocycles. The summed E-state index contributed by atoms with van der Waals surface area (Å²) in [6, 6.07) is 15.1. The zero-order chi connectivity index (χ0) is 15.1. The van der Waals surface area contributed by atoms with Crippen molar-refractivity contribution in [1.29, 1.82) is 0 Å². The van der Waals surface area contributed by atoms with Crippen molar-refractivity contribution in [2.45, 2.75) is 0 Å². The number of rotatable bonds is 5. The summed E-state index contributed by atoms with van der Waals surface area (Å²) in [7, 11) is 0. The van der Waals surface area contributed by atoms with Crippen LogP contribution in [0.2, 0.25) is 0 Å². The highest BCUT2D eigenvalue weighted by molar-refractivity contribution is 5.92. The molecule has 108 valence electrons. The molecule has 0 unspecified atom stereocenters. The summed E-state index contributed by atoms with van der Waals surface area (Å²) < 4.78 is 5.39. The van der Waals surface area contributed by atoms with E-state index in [9.17, 15) is 9.59 Å². The van der Waals surface area contributed by atoms with E-state index in [0.29, 0.717) is 17.1 Å². The molecule has 0 saturated heterocycles. The molecule has 0 aliphatic rings. The van der Waals surface area contributed by atoms with E-state index >= 15 is 0 Å². The number of ether oxygens (including phenoxy) is 1. The normalized spacial score (nSPS) is 9.71. The maximum atomic E-state index is 11.8. The molecule has 0 atom stereocenters. The van der Waals surface area contributed by atoms with Crippen molar-refractivity contribution in [2.24, 2.45) is 5.73 Å². The van der Waals surface area contributed by atoms with Gasteiger partial charge >= 0.3 is 6.03 Å². The SMILES string of the molecule is NC(=O)Nc1ccccc1OCC(=O)Nc1ccccc1. The average Bonchev–Trinajstić information content (AvgIpc) is 2.47. The number of amides is 3. The summed E-state index contributed by atoms with van der Waals surface area (Å²) in [6.07, 6.45) is 0. The highest BCUT2D eigenvalue weighted by atomic mass is 16.5. The lowest BCUT2D eigenvalue weighted by Crippen LogP contribution is -2.22. The number of nitrogens with one attached hydrogen (secondary N) is 2. The molecule has 4 N–H and O–H groups in total. The Morgan fingerprint density at radius 1 is 0.952 bits per heavy atom. The lowest BCUT2D eigenvalue weighted by Gasteiger charge is -2.11. The van der Waals surface area contributed by atoms with Gasteiger partial charge in [0.25, 0.3) is 5.91 Å². The van der Waals surface area contributed by atoms with Crippen molar-refractivity contribution in [3.63, 3.8) is 0 Å². The fourth-order valence-electron chi connectivity index (χ4n) is 1.69. The highest BCUT2D eigenvalue weighted by Gasteiger charge is 2.08.